The van der Waals surface area contributed by atoms with Gasteiger partial charge in [-0.05, 0) is 35.4 Å². The second-order valence-corrected chi connectivity index (χ2v) is 6.70. The van der Waals surface area contributed by atoms with Crippen LogP contribution in [0.15, 0.2) is 48.5 Å². The molecule has 2 aromatic carbocycles. The summed E-state index contributed by atoms with van der Waals surface area (Å²) in [6.07, 6.45) is 1.40. The van der Waals surface area contributed by atoms with E-state index in [2.05, 4.69) is 0 Å². The van der Waals surface area contributed by atoms with E-state index in [4.69, 9.17) is 14.2 Å². The quantitative estimate of drug-likeness (QED) is 0.721. The first-order valence-corrected chi connectivity index (χ1v) is 8.62. The van der Waals surface area contributed by atoms with Crippen molar-refractivity contribution in [1.82, 2.24) is 0 Å². The topological polar surface area (TPSA) is 74.8 Å². The van der Waals surface area contributed by atoms with Crippen molar-refractivity contribution in [2.75, 3.05) is 13.2 Å². The number of ether oxygens (including phenoxy) is 3. The van der Waals surface area contributed by atoms with Crippen LogP contribution in [0.4, 0.5) is 0 Å². The molecule has 4 rings (SSSR count). The molecule has 2 aliphatic heterocycles. The van der Waals surface area contributed by atoms with E-state index >= 15 is 0 Å². The van der Waals surface area contributed by atoms with Crippen molar-refractivity contribution in [1.29, 1.82) is 0 Å². The van der Waals surface area contributed by atoms with Crippen LogP contribution in [0, 0.1) is 0 Å². The summed E-state index contributed by atoms with van der Waals surface area (Å²) in [5.74, 6) is 0.518. The molecule has 0 radical (unpaired) electrons. The van der Waals surface area contributed by atoms with Gasteiger partial charge in [0.1, 0.15) is 23.7 Å². The standard InChI is InChI=1S/C20H22O5/c21-15-5-1-3-13(7-15)9-17(19-11-23-19)25-18(20-12-24-20)10-14-4-2-6-16(22)8-14/h1-8,17-22H,9-12H2. The second-order valence-electron chi connectivity index (χ2n) is 6.70. The number of phenols is 2. The lowest BCUT2D eigenvalue weighted by molar-refractivity contribution is -0.0369. The maximum Gasteiger partial charge on any atom is 0.115 e. The van der Waals surface area contributed by atoms with Crippen molar-refractivity contribution < 1.29 is 24.4 Å². The number of hydrogen-bond donors (Lipinski definition) is 2. The minimum Gasteiger partial charge on any atom is -0.508 e. The first kappa shape index (κ1) is 16.4. The van der Waals surface area contributed by atoms with Crippen LogP contribution >= 0.6 is 0 Å². The van der Waals surface area contributed by atoms with Gasteiger partial charge in [0.25, 0.3) is 0 Å². The molecule has 5 heteroatoms. The van der Waals surface area contributed by atoms with Crippen molar-refractivity contribution in [2.45, 2.75) is 37.3 Å². The summed E-state index contributed by atoms with van der Waals surface area (Å²) in [5, 5.41) is 19.3. The SMILES string of the molecule is Oc1cccc(CC(OC(Cc2cccc(O)c2)C2CO2)C2CO2)c1. The highest BCUT2D eigenvalue weighted by molar-refractivity contribution is 5.29. The Kier molecular flexibility index (Phi) is 4.61. The molecule has 2 N–H and O–H groups in total. The summed E-state index contributed by atoms with van der Waals surface area (Å²) in [6, 6.07) is 14.5. The number of benzene rings is 2. The highest BCUT2D eigenvalue weighted by atomic mass is 16.6. The molecule has 0 bridgehead atoms. The summed E-state index contributed by atoms with van der Waals surface area (Å²) in [5.41, 5.74) is 2.04. The second kappa shape index (κ2) is 7.04. The zero-order valence-electron chi connectivity index (χ0n) is 13.9. The normalized spacial score (nSPS) is 23.8. The maximum absolute atomic E-state index is 9.67. The average molecular weight is 342 g/mol. The molecule has 4 unspecified atom stereocenters. The fourth-order valence-electron chi connectivity index (χ4n) is 3.13. The minimum atomic E-state index is -0.0756. The molecule has 4 atom stereocenters. The third kappa shape index (κ3) is 4.51. The molecule has 2 fully saturated rings. The van der Waals surface area contributed by atoms with Gasteiger partial charge in [-0.25, -0.2) is 0 Å². The van der Waals surface area contributed by atoms with Crippen LogP contribution in [0.3, 0.4) is 0 Å². The molecule has 2 saturated heterocycles. The summed E-state index contributed by atoms with van der Waals surface area (Å²) < 4.78 is 17.3. The molecule has 0 saturated carbocycles. The van der Waals surface area contributed by atoms with Crippen LogP contribution in [0.1, 0.15) is 11.1 Å². The van der Waals surface area contributed by atoms with Crippen LogP contribution in [0.25, 0.3) is 0 Å². The van der Waals surface area contributed by atoms with E-state index in [1.54, 1.807) is 24.3 Å². The molecule has 0 amide bonds. The number of rotatable bonds is 8. The van der Waals surface area contributed by atoms with Crippen LogP contribution < -0.4 is 0 Å². The molecule has 0 aromatic heterocycles. The van der Waals surface area contributed by atoms with Gasteiger partial charge in [0, 0.05) is 12.8 Å². The lowest BCUT2D eigenvalue weighted by Gasteiger charge is -2.23. The lowest BCUT2D eigenvalue weighted by atomic mass is 10.0. The largest absolute Gasteiger partial charge is 0.508 e. The van der Waals surface area contributed by atoms with Crippen molar-refractivity contribution in [2.24, 2.45) is 0 Å². The molecule has 0 aliphatic carbocycles. The van der Waals surface area contributed by atoms with Gasteiger partial charge in [-0.1, -0.05) is 24.3 Å². The fraction of sp³-hybridized carbons (Fsp3) is 0.400. The van der Waals surface area contributed by atoms with Gasteiger partial charge in [-0.3, -0.25) is 0 Å². The Morgan fingerprint density at radius 2 is 1.28 bits per heavy atom. The van der Waals surface area contributed by atoms with Crippen molar-refractivity contribution in [3.63, 3.8) is 0 Å². The van der Waals surface area contributed by atoms with E-state index in [1.165, 1.54) is 0 Å². The first-order valence-electron chi connectivity index (χ1n) is 8.62. The van der Waals surface area contributed by atoms with E-state index in [-0.39, 0.29) is 35.9 Å². The van der Waals surface area contributed by atoms with Crippen molar-refractivity contribution >= 4 is 0 Å². The Bertz CT molecular complexity index is 662. The van der Waals surface area contributed by atoms with E-state index in [1.807, 2.05) is 24.3 Å². The summed E-state index contributed by atoms with van der Waals surface area (Å²) in [6.45, 7) is 1.40. The van der Waals surface area contributed by atoms with Gasteiger partial charge < -0.3 is 24.4 Å². The van der Waals surface area contributed by atoms with Gasteiger partial charge in [0.15, 0.2) is 0 Å². The van der Waals surface area contributed by atoms with E-state index in [0.29, 0.717) is 26.1 Å². The number of hydrogen-bond acceptors (Lipinski definition) is 5. The van der Waals surface area contributed by atoms with E-state index in [9.17, 15) is 10.2 Å². The van der Waals surface area contributed by atoms with Gasteiger partial charge in [-0.2, -0.15) is 0 Å². The third-order valence-corrected chi connectivity index (χ3v) is 4.59. The highest BCUT2D eigenvalue weighted by Gasteiger charge is 2.40. The van der Waals surface area contributed by atoms with Crippen LogP contribution in [0.5, 0.6) is 11.5 Å². The highest BCUT2D eigenvalue weighted by Crippen LogP contribution is 2.29. The zero-order valence-corrected chi connectivity index (χ0v) is 13.9. The van der Waals surface area contributed by atoms with Gasteiger partial charge in [0.05, 0.1) is 25.4 Å². The molecule has 2 aromatic rings. The predicted octanol–water partition coefficient (Wildman–Crippen LogP) is 2.43. The first-order chi connectivity index (χ1) is 12.2. The minimum absolute atomic E-state index is 0.0756. The molecule has 2 heterocycles. The number of phenolic OH excluding ortho intramolecular Hbond substituents is 2. The Labute approximate surface area is 146 Å². The molecular formula is C20H22O5. The summed E-state index contributed by atoms with van der Waals surface area (Å²) in [4.78, 5) is 0. The number of epoxide rings is 2. The monoisotopic (exact) mass is 342 g/mol. The predicted molar refractivity (Wildman–Crippen MR) is 91.8 cm³/mol. The molecule has 0 spiro atoms. The Balaban J connectivity index is 1.45. The van der Waals surface area contributed by atoms with Gasteiger partial charge in [-0.15, -0.1) is 0 Å². The fourth-order valence-corrected chi connectivity index (χ4v) is 3.13. The average Bonchev–Trinajstić information content (AvgIpc) is 3.47. The van der Waals surface area contributed by atoms with Crippen LogP contribution in [-0.4, -0.2) is 47.8 Å². The molecule has 5 nitrogen and oxygen atoms in total. The summed E-state index contributed by atoms with van der Waals surface area (Å²) in [7, 11) is 0. The van der Waals surface area contributed by atoms with Crippen molar-refractivity contribution in [3.05, 3.63) is 59.7 Å². The Morgan fingerprint density at radius 1 is 0.840 bits per heavy atom. The summed E-state index contributed by atoms with van der Waals surface area (Å²) >= 11 is 0. The number of aromatic hydroxyl groups is 2. The molecular weight excluding hydrogens is 320 g/mol. The van der Waals surface area contributed by atoms with Gasteiger partial charge in [0.2, 0.25) is 0 Å². The Hall–Kier alpha value is -2.08. The maximum atomic E-state index is 9.67. The van der Waals surface area contributed by atoms with Crippen LogP contribution in [0.2, 0.25) is 0 Å². The molecule has 25 heavy (non-hydrogen) atoms. The molecule has 2 aliphatic rings. The smallest absolute Gasteiger partial charge is 0.115 e. The zero-order chi connectivity index (χ0) is 17.2. The van der Waals surface area contributed by atoms with E-state index in [0.717, 1.165) is 11.1 Å². The Morgan fingerprint density at radius 3 is 1.64 bits per heavy atom. The third-order valence-electron chi connectivity index (χ3n) is 4.59. The van der Waals surface area contributed by atoms with Crippen LogP contribution in [-0.2, 0) is 27.1 Å². The van der Waals surface area contributed by atoms with E-state index < -0.39 is 0 Å². The molecule has 132 valence electrons. The van der Waals surface area contributed by atoms with Gasteiger partial charge >= 0.3 is 0 Å². The van der Waals surface area contributed by atoms with Crippen molar-refractivity contribution in [3.8, 4) is 11.5 Å². The lowest BCUT2D eigenvalue weighted by Crippen LogP contribution is -2.33.